The molecule has 0 aliphatic rings. The average Bonchev–Trinajstić information content (AvgIpc) is 2.61. The molecule has 0 aromatic carbocycles. The first-order valence-electron chi connectivity index (χ1n) is 5.04. The number of nitrogens with zero attached hydrogens (tertiary/aromatic N) is 2. The molecule has 0 saturated heterocycles. The Bertz CT molecular complexity index is 526. The van der Waals surface area contributed by atoms with Crippen LogP contribution < -0.4 is 11.3 Å². The SMILES string of the molecule is CCCn1ncc2cc(CN)c(=O)[nH]c21. The standard InChI is InChI=1S/C10H14N4O/c1-2-3-14-9-8(6-12-14)4-7(5-11)10(15)13-9/h4,6H,2-3,5,11H2,1H3,(H,13,15). The summed E-state index contributed by atoms with van der Waals surface area (Å²) < 4.78 is 1.80. The molecule has 2 aromatic rings. The molecular formula is C10H14N4O. The lowest BCUT2D eigenvalue weighted by Gasteiger charge is -2.01. The summed E-state index contributed by atoms with van der Waals surface area (Å²) in [5.74, 6) is 0. The molecule has 0 spiro atoms. The molecule has 0 saturated carbocycles. The van der Waals surface area contributed by atoms with E-state index in [0.29, 0.717) is 5.56 Å². The van der Waals surface area contributed by atoms with E-state index in [9.17, 15) is 4.79 Å². The average molecular weight is 206 g/mol. The third-order valence-electron chi connectivity index (χ3n) is 2.38. The molecule has 0 aliphatic heterocycles. The third kappa shape index (κ3) is 1.66. The van der Waals surface area contributed by atoms with Gasteiger partial charge in [-0.2, -0.15) is 5.10 Å². The molecule has 80 valence electrons. The van der Waals surface area contributed by atoms with Crippen LogP contribution in [0.2, 0.25) is 0 Å². The van der Waals surface area contributed by atoms with Crippen molar-refractivity contribution in [3.8, 4) is 0 Å². The first-order valence-corrected chi connectivity index (χ1v) is 5.04. The number of H-pyrrole nitrogens is 1. The quantitative estimate of drug-likeness (QED) is 0.771. The van der Waals surface area contributed by atoms with Crippen molar-refractivity contribution in [3.63, 3.8) is 0 Å². The normalized spacial score (nSPS) is 11.1. The second-order valence-corrected chi connectivity index (χ2v) is 3.50. The Labute approximate surface area is 86.9 Å². The van der Waals surface area contributed by atoms with E-state index in [4.69, 9.17) is 5.73 Å². The molecule has 0 aliphatic carbocycles. The molecule has 5 nitrogen and oxygen atoms in total. The van der Waals surface area contributed by atoms with Crippen LogP contribution in [-0.2, 0) is 13.1 Å². The molecule has 0 bridgehead atoms. The van der Waals surface area contributed by atoms with Gasteiger partial charge in [0.2, 0.25) is 0 Å². The summed E-state index contributed by atoms with van der Waals surface area (Å²) >= 11 is 0. The molecule has 0 fully saturated rings. The minimum absolute atomic E-state index is 0.122. The smallest absolute Gasteiger partial charge is 0.254 e. The number of nitrogens with one attached hydrogen (secondary N) is 1. The van der Waals surface area contributed by atoms with Crippen LogP contribution in [0.25, 0.3) is 11.0 Å². The van der Waals surface area contributed by atoms with Crippen molar-refractivity contribution in [3.05, 3.63) is 28.2 Å². The fraction of sp³-hybridized carbons (Fsp3) is 0.400. The van der Waals surface area contributed by atoms with Crippen LogP contribution in [0.4, 0.5) is 0 Å². The first kappa shape index (κ1) is 9.92. The van der Waals surface area contributed by atoms with Gasteiger partial charge < -0.3 is 10.7 Å². The fourth-order valence-corrected chi connectivity index (χ4v) is 1.62. The largest absolute Gasteiger partial charge is 0.326 e. The van der Waals surface area contributed by atoms with Gasteiger partial charge in [-0.1, -0.05) is 6.92 Å². The number of aromatic nitrogens is 3. The molecule has 0 atom stereocenters. The van der Waals surface area contributed by atoms with E-state index in [-0.39, 0.29) is 12.1 Å². The Balaban J connectivity index is 2.62. The maximum absolute atomic E-state index is 11.5. The Kier molecular flexibility index (Phi) is 2.55. The zero-order chi connectivity index (χ0) is 10.8. The highest BCUT2D eigenvalue weighted by atomic mass is 16.1. The summed E-state index contributed by atoms with van der Waals surface area (Å²) in [7, 11) is 0. The van der Waals surface area contributed by atoms with E-state index in [1.165, 1.54) is 0 Å². The summed E-state index contributed by atoms with van der Waals surface area (Å²) in [5.41, 5.74) is 6.71. The molecule has 3 N–H and O–H groups in total. The number of nitrogens with two attached hydrogens (primary N) is 1. The second kappa shape index (κ2) is 3.86. The number of hydrogen-bond acceptors (Lipinski definition) is 3. The molecule has 2 heterocycles. The van der Waals surface area contributed by atoms with Gasteiger partial charge in [0.05, 0.1) is 6.20 Å². The van der Waals surface area contributed by atoms with Gasteiger partial charge in [-0.05, 0) is 12.5 Å². The molecule has 15 heavy (non-hydrogen) atoms. The van der Waals surface area contributed by atoms with Crippen molar-refractivity contribution in [2.75, 3.05) is 0 Å². The highest BCUT2D eigenvalue weighted by Crippen LogP contribution is 2.10. The number of pyridine rings is 1. The fourth-order valence-electron chi connectivity index (χ4n) is 1.62. The van der Waals surface area contributed by atoms with Crippen molar-refractivity contribution in [2.24, 2.45) is 5.73 Å². The topological polar surface area (TPSA) is 76.7 Å². The maximum Gasteiger partial charge on any atom is 0.254 e. The van der Waals surface area contributed by atoms with E-state index in [0.717, 1.165) is 24.0 Å². The Hall–Kier alpha value is -1.62. The first-order chi connectivity index (χ1) is 7.26. The minimum Gasteiger partial charge on any atom is -0.326 e. The number of aromatic amines is 1. The summed E-state index contributed by atoms with van der Waals surface area (Å²) in [6.07, 6.45) is 2.73. The van der Waals surface area contributed by atoms with Crippen LogP contribution in [0.5, 0.6) is 0 Å². The molecule has 0 radical (unpaired) electrons. The summed E-state index contributed by atoms with van der Waals surface area (Å²) in [6, 6.07) is 1.80. The number of aryl methyl sites for hydroxylation is 1. The van der Waals surface area contributed by atoms with Crippen molar-refractivity contribution in [1.82, 2.24) is 14.8 Å². The van der Waals surface area contributed by atoms with Crippen LogP contribution in [0.15, 0.2) is 17.1 Å². The predicted molar refractivity (Wildman–Crippen MR) is 58.5 cm³/mol. The Morgan fingerprint density at radius 2 is 2.40 bits per heavy atom. The lowest BCUT2D eigenvalue weighted by Crippen LogP contribution is -2.16. The van der Waals surface area contributed by atoms with Crippen molar-refractivity contribution in [2.45, 2.75) is 26.4 Å². The van der Waals surface area contributed by atoms with Gasteiger partial charge in [0.1, 0.15) is 5.65 Å². The number of rotatable bonds is 3. The molecule has 2 aromatic heterocycles. The van der Waals surface area contributed by atoms with Crippen molar-refractivity contribution in [1.29, 1.82) is 0 Å². The van der Waals surface area contributed by atoms with Crippen LogP contribution >= 0.6 is 0 Å². The van der Waals surface area contributed by atoms with Gasteiger partial charge >= 0.3 is 0 Å². The van der Waals surface area contributed by atoms with Gasteiger partial charge in [-0.25, -0.2) is 4.68 Å². The third-order valence-corrected chi connectivity index (χ3v) is 2.38. The molecular weight excluding hydrogens is 192 g/mol. The zero-order valence-electron chi connectivity index (χ0n) is 8.66. The number of fused-ring (bicyclic) bond motifs is 1. The monoisotopic (exact) mass is 206 g/mol. The lowest BCUT2D eigenvalue weighted by molar-refractivity contribution is 0.616. The molecule has 0 unspecified atom stereocenters. The van der Waals surface area contributed by atoms with Crippen LogP contribution in [0.1, 0.15) is 18.9 Å². The second-order valence-electron chi connectivity index (χ2n) is 3.50. The Morgan fingerprint density at radius 3 is 3.07 bits per heavy atom. The lowest BCUT2D eigenvalue weighted by atomic mass is 10.2. The molecule has 2 rings (SSSR count). The Morgan fingerprint density at radius 1 is 1.60 bits per heavy atom. The van der Waals surface area contributed by atoms with Gasteiger partial charge in [0.15, 0.2) is 0 Å². The highest BCUT2D eigenvalue weighted by molar-refractivity contribution is 5.74. The minimum atomic E-state index is -0.122. The van der Waals surface area contributed by atoms with Crippen molar-refractivity contribution >= 4 is 11.0 Å². The van der Waals surface area contributed by atoms with Crippen LogP contribution in [-0.4, -0.2) is 14.8 Å². The van der Waals surface area contributed by atoms with Gasteiger partial charge in [0.25, 0.3) is 5.56 Å². The number of hydrogen-bond donors (Lipinski definition) is 2. The molecule has 5 heteroatoms. The van der Waals surface area contributed by atoms with E-state index in [1.807, 2.05) is 0 Å². The van der Waals surface area contributed by atoms with Crippen molar-refractivity contribution < 1.29 is 0 Å². The highest BCUT2D eigenvalue weighted by Gasteiger charge is 2.05. The van der Waals surface area contributed by atoms with Gasteiger partial charge in [0, 0.05) is 24.0 Å². The van der Waals surface area contributed by atoms with Crippen LogP contribution in [0.3, 0.4) is 0 Å². The van der Waals surface area contributed by atoms with E-state index >= 15 is 0 Å². The maximum atomic E-state index is 11.5. The van der Waals surface area contributed by atoms with E-state index in [2.05, 4.69) is 17.0 Å². The zero-order valence-corrected chi connectivity index (χ0v) is 8.66. The van der Waals surface area contributed by atoms with E-state index in [1.54, 1.807) is 16.9 Å². The summed E-state index contributed by atoms with van der Waals surface area (Å²) in [4.78, 5) is 14.3. The van der Waals surface area contributed by atoms with Gasteiger partial charge in [-0.3, -0.25) is 4.79 Å². The molecule has 0 amide bonds. The summed E-state index contributed by atoms with van der Waals surface area (Å²) in [5, 5.41) is 5.14. The van der Waals surface area contributed by atoms with Crippen LogP contribution in [0, 0.1) is 0 Å². The predicted octanol–water partition coefficient (Wildman–Crippen LogP) is 0.593. The van der Waals surface area contributed by atoms with Gasteiger partial charge in [-0.15, -0.1) is 0 Å². The van der Waals surface area contributed by atoms with E-state index < -0.39 is 0 Å². The summed E-state index contributed by atoms with van der Waals surface area (Å²) in [6.45, 7) is 3.13.